The first-order chi connectivity index (χ1) is 9.61. The SMILES string of the molecule is CC1CN(C(CC(N)=NO)c2ccccc2)C(C)CO1. The van der Waals surface area contributed by atoms with Crippen LogP contribution in [0.25, 0.3) is 0 Å². The lowest BCUT2D eigenvalue weighted by Crippen LogP contribution is -2.49. The molecule has 5 heteroatoms. The molecule has 0 spiro atoms. The fraction of sp³-hybridized carbons (Fsp3) is 0.533. The Hall–Kier alpha value is -1.59. The summed E-state index contributed by atoms with van der Waals surface area (Å²) in [5.74, 6) is 0.255. The van der Waals surface area contributed by atoms with Gasteiger partial charge in [0.05, 0.1) is 12.7 Å². The molecule has 3 unspecified atom stereocenters. The molecule has 1 heterocycles. The summed E-state index contributed by atoms with van der Waals surface area (Å²) in [6.45, 7) is 5.78. The summed E-state index contributed by atoms with van der Waals surface area (Å²) in [6.07, 6.45) is 0.710. The number of morpholine rings is 1. The number of hydrogen-bond acceptors (Lipinski definition) is 4. The molecule has 1 aromatic rings. The second-order valence-electron chi connectivity index (χ2n) is 5.41. The van der Waals surface area contributed by atoms with Gasteiger partial charge in [0.15, 0.2) is 0 Å². The van der Waals surface area contributed by atoms with Crippen LogP contribution in [0.4, 0.5) is 0 Å². The molecule has 1 saturated heterocycles. The molecule has 1 aromatic carbocycles. The van der Waals surface area contributed by atoms with E-state index in [1.54, 1.807) is 0 Å². The fourth-order valence-electron chi connectivity index (χ4n) is 2.70. The van der Waals surface area contributed by atoms with Gasteiger partial charge >= 0.3 is 0 Å². The van der Waals surface area contributed by atoms with E-state index in [9.17, 15) is 0 Å². The maximum atomic E-state index is 8.87. The van der Waals surface area contributed by atoms with E-state index in [-0.39, 0.29) is 18.0 Å². The first-order valence-electron chi connectivity index (χ1n) is 7.00. The van der Waals surface area contributed by atoms with Gasteiger partial charge < -0.3 is 15.7 Å². The van der Waals surface area contributed by atoms with Crippen LogP contribution in [-0.4, -0.2) is 41.2 Å². The topological polar surface area (TPSA) is 71.1 Å². The second-order valence-corrected chi connectivity index (χ2v) is 5.41. The highest BCUT2D eigenvalue weighted by Gasteiger charge is 2.31. The van der Waals surface area contributed by atoms with Gasteiger partial charge in [0, 0.05) is 25.0 Å². The van der Waals surface area contributed by atoms with E-state index in [1.165, 1.54) is 5.56 Å². The van der Waals surface area contributed by atoms with Crippen LogP contribution < -0.4 is 5.73 Å². The van der Waals surface area contributed by atoms with E-state index in [2.05, 4.69) is 36.0 Å². The van der Waals surface area contributed by atoms with Crippen molar-refractivity contribution in [1.82, 2.24) is 4.90 Å². The Bertz CT molecular complexity index is 450. The third-order valence-electron chi connectivity index (χ3n) is 3.77. The van der Waals surface area contributed by atoms with E-state index in [4.69, 9.17) is 15.7 Å². The Kier molecular flexibility index (Phi) is 4.98. The standard InChI is InChI=1S/C15H23N3O2/c1-11-10-20-12(2)9-18(11)14(8-15(16)17-19)13-6-4-3-5-7-13/h3-7,11-12,14,19H,8-10H2,1-2H3,(H2,16,17). The predicted octanol–water partition coefficient (Wildman–Crippen LogP) is 1.97. The van der Waals surface area contributed by atoms with Gasteiger partial charge in [0.2, 0.25) is 0 Å². The van der Waals surface area contributed by atoms with Crippen molar-refractivity contribution in [3.8, 4) is 0 Å². The summed E-state index contributed by atoms with van der Waals surface area (Å²) in [5, 5.41) is 12.0. The van der Waals surface area contributed by atoms with Gasteiger partial charge in [-0.15, -0.1) is 0 Å². The molecule has 1 fully saturated rings. The van der Waals surface area contributed by atoms with Crippen LogP contribution >= 0.6 is 0 Å². The summed E-state index contributed by atoms with van der Waals surface area (Å²) in [6, 6.07) is 10.6. The summed E-state index contributed by atoms with van der Waals surface area (Å²) in [7, 11) is 0. The van der Waals surface area contributed by atoms with Crippen LogP contribution in [0, 0.1) is 0 Å². The lowest BCUT2D eigenvalue weighted by atomic mass is 9.98. The van der Waals surface area contributed by atoms with Crippen LogP contribution in [0.2, 0.25) is 0 Å². The van der Waals surface area contributed by atoms with Crippen LogP contribution in [0.5, 0.6) is 0 Å². The third kappa shape index (κ3) is 3.49. The molecule has 20 heavy (non-hydrogen) atoms. The molecule has 0 aromatic heterocycles. The molecular weight excluding hydrogens is 254 g/mol. The Balaban J connectivity index is 2.25. The second kappa shape index (κ2) is 6.72. The molecule has 0 radical (unpaired) electrons. The Morgan fingerprint density at radius 2 is 2.15 bits per heavy atom. The van der Waals surface area contributed by atoms with Gasteiger partial charge in [-0.2, -0.15) is 0 Å². The Labute approximate surface area is 120 Å². The maximum Gasteiger partial charge on any atom is 0.141 e. The van der Waals surface area contributed by atoms with E-state index in [0.29, 0.717) is 19.1 Å². The molecule has 0 bridgehead atoms. The average molecular weight is 277 g/mol. The lowest BCUT2D eigenvalue weighted by molar-refractivity contribution is -0.0658. The van der Waals surface area contributed by atoms with Crippen LogP contribution in [0.3, 0.4) is 0 Å². The van der Waals surface area contributed by atoms with E-state index >= 15 is 0 Å². The molecule has 1 aliphatic rings. The van der Waals surface area contributed by atoms with Crippen molar-refractivity contribution in [3.05, 3.63) is 35.9 Å². The Morgan fingerprint density at radius 1 is 1.45 bits per heavy atom. The largest absolute Gasteiger partial charge is 0.409 e. The summed E-state index contributed by atoms with van der Waals surface area (Å²) < 4.78 is 5.69. The number of nitrogens with zero attached hydrogens (tertiary/aromatic N) is 2. The maximum absolute atomic E-state index is 8.87. The zero-order valence-electron chi connectivity index (χ0n) is 12.1. The van der Waals surface area contributed by atoms with E-state index in [0.717, 1.165) is 6.54 Å². The number of hydrogen-bond donors (Lipinski definition) is 2. The first kappa shape index (κ1) is 14.8. The molecule has 0 saturated carbocycles. The molecule has 0 amide bonds. The number of rotatable bonds is 4. The normalized spacial score (nSPS) is 26.4. The zero-order chi connectivity index (χ0) is 14.5. The van der Waals surface area contributed by atoms with E-state index in [1.807, 2.05) is 18.2 Å². The number of oxime groups is 1. The van der Waals surface area contributed by atoms with Gasteiger partial charge in [-0.05, 0) is 19.4 Å². The summed E-state index contributed by atoms with van der Waals surface area (Å²) >= 11 is 0. The van der Waals surface area contributed by atoms with Gasteiger partial charge in [-0.3, -0.25) is 4.90 Å². The molecule has 5 nitrogen and oxygen atoms in total. The predicted molar refractivity (Wildman–Crippen MR) is 78.8 cm³/mol. The van der Waals surface area contributed by atoms with Crippen molar-refractivity contribution in [2.24, 2.45) is 10.9 Å². The first-order valence-corrected chi connectivity index (χ1v) is 7.00. The van der Waals surface area contributed by atoms with Crippen molar-refractivity contribution < 1.29 is 9.94 Å². The lowest BCUT2D eigenvalue weighted by Gasteiger charge is -2.42. The van der Waals surface area contributed by atoms with E-state index < -0.39 is 0 Å². The number of amidine groups is 1. The molecule has 0 aliphatic carbocycles. The summed E-state index contributed by atoms with van der Waals surface area (Å²) in [5.41, 5.74) is 6.92. The van der Waals surface area contributed by atoms with Crippen LogP contribution in [0.1, 0.15) is 31.9 Å². The van der Waals surface area contributed by atoms with Gasteiger partial charge in [-0.25, -0.2) is 0 Å². The molecule has 1 aliphatic heterocycles. The molecule has 110 valence electrons. The monoisotopic (exact) mass is 277 g/mol. The van der Waals surface area contributed by atoms with Gasteiger partial charge in [-0.1, -0.05) is 35.5 Å². The number of nitrogens with two attached hydrogens (primary N) is 1. The summed E-state index contributed by atoms with van der Waals surface area (Å²) in [4.78, 5) is 2.38. The van der Waals surface area contributed by atoms with Crippen molar-refractivity contribution >= 4 is 5.84 Å². The van der Waals surface area contributed by atoms with Crippen molar-refractivity contribution in [3.63, 3.8) is 0 Å². The molecule has 3 atom stereocenters. The average Bonchev–Trinajstić information content (AvgIpc) is 2.48. The minimum Gasteiger partial charge on any atom is -0.409 e. The number of benzene rings is 1. The molecular formula is C15H23N3O2. The zero-order valence-corrected chi connectivity index (χ0v) is 12.1. The quantitative estimate of drug-likeness (QED) is 0.382. The minimum atomic E-state index is 0.105. The molecule has 2 rings (SSSR count). The molecule has 3 N–H and O–H groups in total. The van der Waals surface area contributed by atoms with Crippen LogP contribution in [0.15, 0.2) is 35.5 Å². The van der Waals surface area contributed by atoms with Gasteiger partial charge in [0.1, 0.15) is 5.84 Å². The fourth-order valence-corrected chi connectivity index (χ4v) is 2.70. The number of ether oxygens (including phenoxy) is 1. The highest BCUT2D eigenvalue weighted by molar-refractivity contribution is 5.80. The van der Waals surface area contributed by atoms with Crippen LogP contribution in [-0.2, 0) is 4.74 Å². The highest BCUT2D eigenvalue weighted by Crippen LogP contribution is 2.29. The third-order valence-corrected chi connectivity index (χ3v) is 3.77. The van der Waals surface area contributed by atoms with Crippen molar-refractivity contribution in [2.45, 2.75) is 38.5 Å². The smallest absolute Gasteiger partial charge is 0.141 e. The van der Waals surface area contributed by atoms with Crippen molar-refractivity contribution in [1.29, 1.82) is 0 Å². The minimum absolute atomic E-state index is 0.105. The highest BCUT2D eigenvalue weighted by atomic mass is 16.5. The Morgan fingerprint density at radius 3 is 2.80 bits per heavy atom. The van der Waals surface area contributed by atoms with Gasteiger partial charge in [0.25, 0.3) is 0 Å². The van der Waals surface area contributed by atoms with Crippen molar-refractivity contribution in [2.75, 3.05) is 13.2 Å².